The largest absolute Gasteiger partial charge is 0.368 e. The van der Waals surface area contributed by atoms with Crippen LogP contribution < -0.4 is 5.73 Å². The molecule has 4 heterocycles. The van der Waals surface area contributed by atoms with Crippen molar-refractivity contribution < 1.29 is 0 Å². The molecule has 1 fully saturated rings. The molecule has 7 heteroatoms. The molecule has 124 valence electrons. The van der Waals surface area contributed by atoms with Gasteiger partial charge in [0, 0.05) is 11.8 Å². The van der Waals surface area contributed by atoms with E-state index in [1.165, 1.54) is 24.6 Å². The standard InChI is InChI=1S/C17H19ClN6/c1-23-6-4-11(5-7-23)12-2-3-15-13(8-21-24(15)10-12)16-14(18)9-20-17(19)22-16/h2-3,8-11H,4-7H2,1H3,(H2,19,20,22). The van der Waals surface area contributed by atoms with Gasteiger partial charge in [0.05, 0.1) is 28.6 Å². The number of halogens is 1. The number of rotatable bonds is 2. The maximum Gasteiger partial charge on any atom is 0.220 e. The summed E-state index contributed by atoms with van der Waals surface area (Å²) in [5, 5.41) is 4.95. The normalized spacial score (nSPS) is 16.8. The van der Waals surface area contributed by atoms with Crippen LogP contribution in [-0.4, -0.2) is 44.6 Å². The first-order valence-electron chi connectivity index (χ1n) is 8.06. The van der Waals surface area contributed by atoms with Crippen LogP contribution >= 0.6 is 11.6 Å². The number of pyridine rings is 1. The Morgan fingerprint density at radius 1 is 1.21 bits per heavy atom. The highest BCUT2D eigenvalue weighted by Crippen LogP contribution is 2.32. The summed E-state index contributed by atoms with van der Waals surface area (Å²) in [5.41, 5.74) is 9.48. The number of aromatic nitrogens is 4. The molecule has 0 saturated carbocycles. The number of nitrogens with two attached hydrogens (primary N) is 1. The van der Waals surface area contributed by atoms with E-state index in [-0.39, 0.29) is 5.95 Å². The second-order valence-electron chi connectivity index (χ2n) is 6.35. The lowest BCUT2D eigenvalue weighted by atomic mass is 9.90. The number of piperidine rings is 1. The van der Waals surface area contributed by atoms with Crippen molar-refractivity contribution in [2.45, 2.75) is 18.8 Å². The second kappa shape index (κ2) is 6.03. The van der Waals surface area contributed by atoms with Gasteiger partial charge in [0.15, 0.2) is 0 Å². The molecule has 1 aliphatic rings. The molecule has 0 atom stereocenters. The molecule has 4 rings (SSSR count). The molecular formula is C17H19ClN6. The fraction of sp³-hybridized carbons (Fsp3) is 0.353. The summed E-state index contributed by atoms with van der Waals surface area (Å²) in [6.07, 6.45) is 7.79. The minimum atomic E-state index is 0.205. The van der Waals surface area contributed by atoms with Crippen LogP contribution in [-0.2, 0) is 0 Å². The third-order valence-corrected chi connectivity index (χ3v) is 5.02. The summed E-state index contributed by atoms with van der Waals surface area (Å²) in [6.45, 7) is 2.28. The summed E-state index contributed by atoms with van der Waals surface area (Å²) in [6, 6.07) is 4.28. The molecule has 24 heavy (non-hydrogen) atoms. The first-order chi connectivity index (χ1) is 11.6. The van der Waals surface area contributed by atoms with Crippen LogP contribution in [0.4, 0.5) is 5.95 Å². The predicted octanol–water partition coefficient (Wildman–Crippen LogP) is 2.84. The molecule has 0 radical (unpaired) electrons. The van der Waals surface area contributed by atoms with Crippen molar-refractivity contribution in [3.05, 3.63) is 41.3 Å². The Balaban J connectivity index is 1.72. The van der Waals surface area contributed by atoms with Crippen LogP contribution in [0.2, 0.25) is 5.02 Å². The van der Waals surface area contributed by atoms with E-state index in [1.807, 2.05) is 4.52 Å². The van der Waals surface area contributed by atoms with Crippen molar-refractivity contribution in [2.75, 3.05) is 25.9 Å². The number of nitrogens with zero attached hydrogens (tertiary/aromatic N) is 5. The quantitative estimate of drug-likeness (QED) is 0.775. The van der Waals surface area contributed by atoms with E-state index in [9.17, 15) is 0 Å². The third-order valence-electron chi connectivity index (χ3n) is 4.75. The minimum Gasteiger partial charge on any atom is -0.368 e. The fourth-order valence-corrected chi connectivity index (χ4v) is 3.53. The van der Waals surface area contributed by atoms with Gasteiger partial charge in [-0.1, -0.05) is 17.7 Å². The first kappa shape index (κ1) is 15.4. The average Bonchev–Trinajstić information content (AvgIpc) is 3.00. The van der Waals surface area contributed by atoms with Crippen molar-refractivity contribution in [1.29, 1.82) is 0 Å². The van der Waals surface area contributed by atoms with Crippen molar-refractivity contribution in [2.24, 2.45) is 0 Å². The molecule has 1 saturated heterocycles. The lowest BCUT2D eigenvalue weighted by molar-refractivity contribution is 0.255. The van der Waals surface area contributed by atoms with E-state index in [0.29, 0.717) is 16.6 Å². The second-order valence-corrected chi connectivity index (χ2v) is 6.76. The zero-order valence-corrected chi connectivity index (χ0v) is 14.2. The number of nitrogen functional groups attached to an aromatic ring is 1. The van der Waals surface area contributed by atoms with Gasteiger partial charge in [-0.25, -0.2) is 14.5 Å². The van der Waals surface area contributed by atoms with Gasteiger partial charge < -0.3 is 10.6 Å². The molecule has 0 aromatic carbocycles. The zero-order valence-electron chi connectivity index (χ0n) is 13.5. The van der Waals surface area contributed by atoms with E-state index in [2.05, 4.69) is 45.3 Å². The summed E-state index contributed by atoms with van der Waals surface area (Å²) < 4.78 is 1.90. The number of likely N-dealkylation sites (tertiary alicyclic amines) is 1. The van der Waals surface area contributed by atoms with Gasteiger partial charge in [-0.3, -0.25) is 0 Å². The van der Waals surface area contributed by atoms with Gasteiger partial charge in [0.2, 0.25) is 5.95 Å². The maximum atomic E-state index is 6.23. The number of fused-ring (bicyclic) bond motifs is 1. The summed E-state index contributed by atoms with van der Waals surface area (Å²) in [4.78, 5) is 10.6. The Morgan fingerprint density at radius 2 is 2.00 bits per heavy atom. The van der Waals surface area contributed by atoms with Crippen LogP contribution in [0, 0.1) is 0 Å². The third kappa shape index (κ3) is 2.72. The number of hydrogen-bond donors (Lipinski definition) is 1. The molecule has 3 aromatic heterocycles. The molecule has 1 aliphatic heterocycles. The minimum absolute atomic E-state index is 0.205. The van der Waals surface area contributed by atoms with E-state index >= 15 is 0 Å². The molecule has 6 nitrogen and oxygen atoms in total. The Labute approximate surface area is 145 Å². The highest BCUT2D eigenvalue weighted by Gasteiger charge is 2.20. The van der Waals surface area contributed by atoms with E-state index in [0.717, 1.165) is 24.2 Å². The maximum absolute atomic E-state index is 6.23. The summed E-state index contributed by atoms with van der Waals surface area (Å²) >= 11 is 6.23. The van der Waals surface area contributed by atoms with Crippen molar-refractivity contribution in [1.82, 2.24) is 24.5 Å². The number of hydrogen-bond acceptors (Lipinski definition) is 5. The van der Waals surface area contributed by atoms with Crippen molar-refractivity contribution in [3.63, 3.8) is 0 Å². The molecule has 0 aliphatic carbocycles. The van der Waals surface area contributed by atoms with Gasteiger partial charge in [0.1, 0.15) is 0 Å². The Morgan fingerprint density at radius 3 is 2.79 bits per heavy atom. The van der Waals surface area contributed by atoms with Gasteiger partial charge in [-0.15, -0.1) is 0 Å². The number of anilines is 1. The Bertz CT molecular complexity index is 882. The monoisotopic (exact) mass is 342 g/mol. The summed E-state index contributed by atoms with van der Waals surface area (Å²) in [7, 11) is 2.18. The predicted molar refractivity (Wildman–Crippen MR) is 95.1 cm³/mol. The fourth-order valence-electron chi connectivity index (χ4n) is 3.34. The highest BCUT2D eigenvalue weighted by molar-refractivity contribution is 6.33. The van der Waals surface area contributed by atoms with Gasteiger partial charge in [-0.05, 0) is 50.5 Å². The lowest BCUT2D eigenvalue weighted by Gasteiger charge is -2.29. The van der Waals surface area contributed by atoms with Crippen molar-refractivity contribution >= 4 is 23.1 Å². The van der Waals surface area contributed by atoms with Gasteiger partial charge in [0.25, 0.3) is 0 Å². The lowest BCUT2D eigenvalue weighted by Crippen LogP contribution is -2.29. The van der Waals surface area contributed by atoms with Crippen LogP contribution in [0.5, 0.6) is 0 Å². The Hall–Kier alpha value is -2.18. The van der Waals surface area contributed by atoms with Crippen molar-refractivity contribution in [3.8, 4) is 11.3 Å². The molecule has 0 bridgehead atoms. The smallest absolute Gasteiger partial charge is 0.220 e. The van der Waals surface area contributed by atoms with E-state index in [4.69, 9.17) is 17.3 Å². The molecular weight excluding hydrogens is 324 g/mol. The molecule has 2 N–H and O–H groups in total. The SMILES string of the molecule is CN1CCC(c2ccc3c(-c4nc(N)ncc4Cl)cnn3c2)CC1. The topological polar surface area (TPSA) is 72.3 Å². The van der Waals surface area contributed by atoms with Gasteiger partial charge in [-0.2, -0.15) is 5.10 Å². The van der Waals surface area contributed by atoms with Crippen LogP contribution in [0.1, 0.15) is 24.3 Å². The average molecular weight is 343 g/mol. The van der Waals surface area contributed by atoms with Crippen LogP contribution in [0.15, 0.2) is 30.7 Å². The molecule has 0 unspecified atom stereocenters. The van der Waals surface area contributed by atoms with E-state index in [1.54, 1.807) is 6.20 Å². The van der Waals surface area contributed by atoms with Crippen LogP contribution in [0.25, 0.3) is 16.8 Å². The molecule has 0 amide bonds. The Kier molecular flexibility index (Phi) is 3.86. The van der Waals surface area contributed by atoms with Gasteiger partial charge >= 0.3 is 0 Å². The molecule has 0 spiro atoms. The first-order valence-corrected chi connectivity index (χ1v) is 8.44. The zero-order chi connectivity index (χ0) is 16.7. The van der Waals surface area contributed by atoms with Crippen LogP contribution in [0.3, 0.4) is 0 Å². The van der Waals surface area contributed by atoms with E-state index < -0.39 is 0 Å². The summed E-state index contributed by atoms with van der Waals surface area (Å²) in [5.74, 6) is 0.799. The highest BCUT2D eigenvalue weighted by atomic mass is 35.5. The molecule has 3 aromatic rings.